The zero-order valence-electron chi connectivity index (χ0n) is 8.05. The Kier molecular flexibility index (Phi) is 2.85. The summed E-state index contributed by atoms with van der Waals surface area (Å²) in [5.41, 5.74) is 1.34. The first-order valence-electron chi connectivity index (χ1n) is 4.63. The van der Waals surface area contributed by atoms with E-state index in [-0.39, 0.29) is 0 Å². The number of rotatable bonds is 2. The van der Waals surface area contributed by atoms with Crippen molar-refractivity contribution in [3.63, 3.8) is 0 Å². The molecule has 0 fully saturated rings. The molecule has 0 bridgehead atoms. The zero-order valence-corrected chi connectivity index (χ0v) is 9.64. The van der Waals surface area contributed by atoms with Gasteiger partial charge in [0.2, 0.25) is 0 Å². The highest BCUT2D eigenvalue weighted by Gasteiger charge is 1.99. The van der Waals surface area contributed by atoms with E-state index in [0.29, 0.717) is 0 Å². The summed E-state index contributed by atoms with van der Waals surface area (Å²) in [6.45, 7) is 0.911. The number of fused-ring (bicyclic) bond motifs is 1. The third kappa shape index (κ3) is 1.81. The summed E-state index contributed by atoms with van der Waals surface area (Å²) in [5.74, 6) is 0. The lowest BCUT2D eigenvalue weighted by Gasteiger charge is -2.06. The second kappa shape index (κ2) is 4.11. The highest BCUT2D eigenvalue weighted by atomic mass is 79.9. The quantitative estimate of drug-likeness (QED) is 0.862. The number of hydrogen-bond donors (Lipinski definition) is 1. The Bertz CT molecular complexity index is 451. The van der Waals surface area contributed by atoms with E-state index < -0.39 is 0 Å². The molecular weight excluding hydrogens is 238 g/mol. The van der Waals surface area contributed by atoms with Gasteiger partial charge >= 0.3 is 0 Å². The molecule has 2 aromatic carbocycles. The van der Waals surface area contributed by atoms with Crippen molar-refractivity contribution in [3.8, 4) is 0 Å². The second-order valence-electron chi connectivity index (χ2n) is 3.31. The van der Waals surface area contributed by atoms with Crippen LogP contribution in [0.1, 0.15) is 5.56 Å². The summed E-state index contributed by atoms with van der Waals surface area (Å²) >= 11 is 3.50. The van der Waals surface area contributed by atoms with E-state index in [9.17, 15) is 0 Å². The van der Waals surface area contributed by atoms with Gasteiger partial charge in [0.05, 0.1) is 0 Å². The maximum Gasteiger partial charge on any atom is 0.0208 e. The van der Waals surface area contributed by atoms with Gasteiger partial charge in [0.15, 0.2) is 0 Å². The summed E-state index contributed by atoms with van der Waals surface area (Å²) in [6.07, 6.45) is 0. The van der Waals surface area contributed by atoms with Crippen molar-refractivity contribution in [2.45, 2.75) is 6.54 Å². The monoisotopic (exact) mass is 249 g/mol. The normalized spacial score (nSPS) is 10.7. The molecule has 0 spiro atoms. The van der Waals surface area contributed by atoms with Crippen molar-refractivity contribution in [1.29, 1.82) is 0 Å². The summed E-state index contributed by atoms with van der Waals surface area (Å²) in [6, 6.07) is 12.8. The van der Waals surface area contributed by atoms with Crippen LogP contribution >= 0.6 is 15.9 Å². The highest BCUT2D eigenvalue weighted by Crippen LogP contribution is 2.22. The van der Waals surface area contributed by atoms with Gasteiger partial charge in [-0.15, -0.1) is 0 Å². The fourth-order valence-corrected chi connectivity index (χ4v) is 2.02. The molecule has 0 aliphatic heterocycles. The van der Waals surface area contributed by atoms with Gasteiger partial charge in [0.1, 0.15) is 0 Å². The fraction of sp³-hybridized carbons (Fsp3) is 0.167. The molecule has 2 rings (SSSR count). The summed E-state index contributed by atoms with van der Waals surface area (Å²) in [4.78, 5) is 0. The number of nitrogens with one attached hydrogen (secondary N) is 1. The van der Waals surface area contributed by atoms with Crippen molar-refractivity contribution < 1.29 is 0 Å². The first kappa shape index (κ1) is 9.69. The van der Waals surface area contributed by atoms with Crippen LogP contribution in [0.3, 0.4) is 0 Å². The van der Waals surface area contributed by atoms with Crippen LogP contribution in [0.2, 0.25) is 0 Å². The van der Waals surface area contributed by atoms with E-state index in [1.165, 1.54) is 16.3 Å². The summed E-state index contributed by atoms with van der Waals surface area (Å²) in [7, 11) is 1.97. The summed E-state index contributed by atoms with van der Waals surface area (Å²) in [5, 5.41) is 5.79. The Morgan fingerprint density at radius 3 is 2.86 bits per heavy atom. The zero-order chi connectivity index (χ0) is 9.97. The minimum atomic E-state index is 0.911. The highest BCUT2D eigenvalue weighted by molar-refractivity contribution is 9.10. The smallest absolute Gasteiger partial charge is 0.0208 e. The van der Waals surface area contributed by atoms with E-state index in [1.807, 2.05) is 7.05 Å². The average Bonchev–Trinajstić information content (AvgIpc) is 2.19. The van der Waals surface area contributed by atoms with Gasteiger partial charge < -0.3 is 5.32 Å². The van der Waals surface area contributed by atoms with Crippen LogP contribution in [0.15, 0.2) is 40.9 Å². The largest absolute Gasteiger partial charge is 0.316 e. The van der Waals surface area contributed by atoms with Gasteiger partial charge in [-0.2, -0.15) is 0 Å². The molecule has 0 radical (unpaired) electrons. The maximum absolute atomic E-state index is 3.50. The van der Waals surface area contributed by atoms with Gasteiger partial charge in [-0.05, 0) is 35.5 Å². The molecule has 72 valence electrons. The Labute approximate surface area is 92.3 Å². The Morgan fingerprint density at radius 2 is 2.07 bits per heavy atom. The SMILES string of the molecule is CNCc1cccc2ccc(Br)cc12. The minimum absolute atomic E-state index is 0.911. The van der Waals surface area contributed by atoms with Crippen LogP contribution in [-0.2, 0) is 6.54 Å². The summed E-state index contributed by atoms with van der Waals surface area (Å²) < 4.78 is 1.13. The molecule has 0 saturated carbocycles. The van der Waals surface area contributed by atoms with Crippen LogP contribution < -0.4 is 5.32 Å². The topological polar surface area (TPSA) is 12.0 Å². The van der Waals surface area contributed by atoms with Gasteiger partial charge in [-0.3, -0.25) is 0 Å². The van der Waals surface area contributed by atoms with E-state index in [4.69, 9.17) is 0 Å². The fourth-order valence-electron chi connectivity index (χ4n) is 1.65. The third-order valence-electron chi connectivity index (χ3n) is 2.30. The Hall–Kier alpha value is -0.860. The molecule has 2 aromatic rings. The minimum Gasteiger partial charge on any atom is -0.316 e. The van der Waals surface area contributed by atoms with Crippen LogP contribution in [0.4, 0.5) is 0 Å². The molecule has 0 saturated heterocycles. The van der Waals surface area contributed by atoms with Gasteiger partial charge in [-0.1, -0.05) is 40.2 Å². The van der Waals surface area contributed by atoms with E-state index >= 15 is 0 Å². The van der Waals surface area contributed by atoms with Crippen molar-refractivity contribution in [3.05, 3.63) is 46.4 Å². The Balaban J connectivity index is 2.64. The van der Waals surface area contributed by atoms with Crippen LogP contribution in [0.25, 0.3) is 10.8 Å². The predicted octanol–water partition coefficient (Wildman–Crippen LogP) is 3.32. The maximum atomic E-state index is 3.50. The van der Waals surface area contributed by atoms with Crippen LogP contribution in [-0.4, -0.2) is 7.05 Å². The molecule has 0 unspecified atom stereocenters. The molecule has 0 heterocycles. The number of halogens is 1. The molecule has 1 N–H and O–H groups in total. The molecule has 0 atom stereocenters. The first-order valence-corrected chi connectivity index (χ1v) is 5.42. The van der Waals surface area contributed by atoms with Crippen molar-refractivity contribution >= 4 is 26.7 Å². The molecular formula is C12H12BrN. The van der Waals surface area contributed by atoms with Crippen molar-refractivity contribution in [2.24, 2.45) is 0 Å². The third-order valence-corrected chi connectivity index (χ3v) is 2.79. The van der Waals surface area contributed by atoms with Crippen molar-refractivity contribution in [1.82, 2.24) is 5.32 Å². The lowest BCUT2D eigenvalue weighted by molar-refractivity contribution is 0.823. The molecule has 0 amide bonds. The van der Waals surface area contributed by atoms with E-state index in [0.717, 1.165) is 11.0 Å². The number of hydrogen-bond acceptors (Lipinski definition) is 1. The molecule has 1 nitrogen and oxygen atoms in total. The number of benzene rings is 2. The van der Waals surface area contributed by atoms with Crippen molar-refractivity contribution in [2.75, 3.05) is 7.05 Å². The lowest BCUT2D eigenvalue weighted by Crippen LogP contribution is -2.05. The van der Waals surface area contributed by atoms with Gasteiger partial charge in [0, 0.05) is 11.0 Å². The molecule has 0 aliphatic rings. The molecule has 14 heavy (non-hydrogen) atoms. The van der Waals surface area contributed by atoms with Gasteiger partial charge in [-0.25, -0.2) is 0 Å². The van der Waals surface area contributed by atoms with E-state index in [1.54, 1.807) is 0 Å². The van der Waals surface area contributed by atoms with E-state index in [2.05, 4.69) is 57.6 Å². The van der Waals surface area contributed by atoms with Crippen LogP contribution in [0.5, 0.6) is 0 Å². The Morgan fingerprint density at radius 1 is 1.21 bits per heavy atom. The molecule has 0 aliphatic carbocycles. The van der Waals surface area contributed by atoms with Crippen LogP contribution in [0, 0.1) is 0 Å². The average molecular weight is 250 g/mol. The lowest BCUT2D eigenvalue weighted by atomic mass is 10.0. The molecule has 0 aromatic heterocycles. The van der Waals surface area contributed by atoms with Gasteiger partial charge in [0.25, 0.3) is 0 Å². The first-order chi connectivity index (χ1) is 6.81. The predicted molar refractivity (Wildman–Crippen MR) is 64.4 cm³/mol. The standard InChI is InChI=1S/C12H12BrN/c1-14-8-10-4-2-3-9-5-6-11(13)7-12(9)10/h2-7,14H,8H2,1H3. The second-order valence-corrected chi connectivity index (χ2v) is 4.23. The molecule has 2 heteroatoms.